The highest BCUT2D eigenvalue weighted by molar-refractivity contribution is 9.10. The number of Topliss-reactive ketones (excluding diaryl/α,β-unsaturated/α-hetero) is 1. The number of benzene rings is 1. The third kappa shape index (κ3) is 3.63. The van der Waals surface area contributed by atoms with Gasteiger partial charge in [0.25, 0.3) is 5.69 Å². The summed E-state index contributed by atoms with van der Waals surface area (Å²) in [4.78, 5) is 27.0. The number of halogens is 1. The average molecular weight is 513 g/mol. The van der Waals surface area contributed by atoms with Crippen LogP contribution in [0, 0.1) is 33.8 Å². The number of nitrogens with zero attached hydrogens (tertiary/aromatic N) is 3. The lowest BCUT2D eigenvalue weighted by molar-refractivity contribution is -0.384. The molecule has 164 valence electrons. The SMILES string of the molecule is Cc1ccc([N+](=O)[O-])cc1N1C(N)=C(C#N)C(c2cc(Br)cs2)C2=C1CC(C)(C)CC2=O. The molecule has 0 spiro atoms. The van der Waals surface area contributed by atoms with Gasteiger partial charge < -0.3 is 5.73 Å². The van der Waals surface area contributed by atoms with Crippen LogP contribution >= 0.6 is 27.3 Å². The smallest absolute Gasteiger partial charge is 0.271 e. The first-order valence-electron chi connectivity index (χ1n) is 9.99. The van der Waals surface area contributed by atoms with Crippen LogP contribution in [-0.4, -0.2) is 10.7 Å². The number of carbonyl (C=O) groups is 1. The highest BCUT2D eigenvalue weighted by Gasteiger charge is 2.45. The van der Waals surface area contributed by atoms with Gasteiger partial charge in [-0.25, -0.2) is 0 Å². The molecule has 0 saturated heterocycles. The number of rotatable bonds is 3. The lowest BCUT2D eigenvalue weighted by Gasteiger charge is -2.43. The first kappa shape index (κ1) is 22.2. The molecule has 4 rings (SSSR count). The zero-order valence-corrected chi connectivity index (χ0v) is 20.2. The number of ketones is 1. The second-order valence-electron chi connectivity index (χ2n) is 8.88. The van der Waals surface area contributed by atoms with Crippen molar-refractivity contribution in [2.75, 3.05) is 4.90 Å². The van der Waals surface area contributed by atoms with Gasteiger partial charge in [-0.2, -0.15) is 5.26 Å². The van der Waals surface area contributed by atoms with Gasteiger partial charge in [0.15, 0.2) is 5.78 Å². The van der Waals surface area contributed by atoms with Crippen molar-refractivity contribution in [2.45, 2.75) is 39.5 Å². The topological polar surface area (TPSA) is 113 Å². The molecule has 9 heteroatoms. The van der Waals surface area contributed by atoms with E-state index < -0.39 is 10.8 Å². The summed E-state index contributed by atoms with van der Waals surface area (Å²) in [6, 6.07) is 8.68. The summed E-state index contributed by atoms with van der Waals surface area (Å²) in [5.41, 5.74) is 9.01. The molecule has 2 heterocycles. The summed E-state index contributed by atoms with van der Waals surface area (Å²) in [6.45, 7) is 5.87. The van der Waals surface area contributed by atoms with Gasteiger partial charge in [0.1, 0.15) is 5.82 Å². The van der Waals surface area contributed by atoms with E-state index in [4.69, 9.17) is 5.73 Å². The summed E-state index contributed by atoms with van der Waals surface area (Å²) in [7, 11) is 0. The fourth-order valence-corrected chi connectivity index (χ4v) is 6.06. The molecule has 1 aromatic heterocycles. The predicted octanol–water partition coefficient (Wildman–Crippen LogP) is 5.67. The van der Waals surface area contributed by atoms with E-state index in [0.29, 0.717) is 29.8 Å². The van der Waals surface area contributed by atoms with Gasteiger partial charge >= 0.3 is 0 Å². The molecule has 1 aliphatic heterocycles. The first-order valence-corrected chi connectivity index (χ1v) is 11.7. The predicted molar refractivity (Wildman–Crippen MR) is 127 cm³/mol. The van der Waals surface area contributed by atoms with E-state index in [-0.39, 0.29) is 28.3 Å². The highest BCUT2D eigenvalue weighted by atomic mass is 79.9. The number of anilines is 1. The Hall–Kier alpha value is -2.96. The Morgan fingerprint density at radius 3 is 2.66 bits per heavy atom. The van der Waals surface area contributed by atoms with Crippen molar-refractivity contribution >= 4 is 44.4 Å². The second-order valence-corrected chi connectivity index (χ2v) is 10.7. The van der Waals surface area contributed by atoms with E-state index >= 15 is 0 Å². The molecule has 0 fully saturated rings. The largest absolute Gasteiger partial charge is 0.384 e. The van der Waals surface area contributed by atoms with Crippen molar-refractivity contribution < 1.29 is 9.72 Å². The van der Waals surface area contributed by atoms with Crippen molar-refractivity contribution in [3.63, 3.8) is 0 Å². The van der Waals surface area contributed by atoms with Crippen LogP contribution in [0.4, 0.5) is 11.4 Å². The van der Waals surface area contributed by atoms with E-state index in [1.54, 1.807) is 11.0 Å². The Bertz CT molecular complexity index is 1270. The number of nitriles is 1. The van der Waals surface area contributed by atoms with Crippen LogP contribution in [0.2, 0.25) is 0 Å². The number of carbonyl (C=O) groups excluding carboxylic acids is 1. The number of nitro groups is 1. The molecule has 2 aliphatic rings. The van der Waals surface area contributed by atoms with Crippen LogP contribution in [0.5, 0.6) is 0 Å². The molecule has 1 unspecified atom stereocenters. The van der Waals surface area contributed by atoms with E-state index in [1.165, 1.54) is 23.5 Å². The number of aryl methyl sites for hydroxylation is 1. The van der Waals surface area contributed by atoms with Gasteiger partial charge in [-0.05, 0) is 46.3 Å². The van der Waals surface area contributed by atoms with Crippen molar-refractivity contribution in [1.82, 2.24) is 0 Å². The highest BCUT2D eigenvalue weighted by Crippen LogP contribution is 2.51. The van der Waals surface area contributed by atoms with Crippen molar-refractivity contribution in [3.05, 3.63) is 77.3 Å². The van der Waals surface area contributed by atoms with Crippen LogP contribution in [0.3, 0.4) is 0 Å². The molecule has 0 saturated carbocycles. The molecule has 32 heavy (non-hydrogen) atoms. The van der Waals surface area contributed by atoms with Gasteiger partial charge in [-0.3, -0.25) is 19.8 Å². The monoisotopic (exact) mass is 512 g/mol. The van der Waals surface area contributed by atoms with Gasteiger partial charge in [0.2, 0.25) is 0 Å². The number of hydrogen-bond acceptors (Lipinski definition) is 7. The zero-order valence-electron chi connectivity index (χ0n) is 17.8. The molecule has 2 aromatic rings. The molecular weight excluding hydrogens is 492 g/mol. The molecular formula is C23H21BrN4O3S. The summed E-state index contributed by atoms with van der Waals surface area (Å²) in [5.74, 6) is -0.376. The van der Waals surface area contributed by atoms with E-state index in [1.807, 2.05) is 32.2 Å². The number of nitrogens with two attached hydrogens (primary N) is 1. The zero-order chi connectivity index (χ0) is 23.4. The minimum atomic E-state index is -0.551. The molecule has 0 radical (unpaired) electrons. The molecule has 1 aliphatic carbocycles. The van der Waals surface area contributed by atoms with Crippen LogP contribution in [0.1, 0.15) is 43.0 Å². The summed E-state index contributed by atoms with van der Waals surface area (Å²) >= 11 is 4.92. The minimum Gasteiger partial charge on any atom is -0.384 e. The Morgan fingerprint density at radius 2 is 2.06 bits per heavy atom. The standard InChI is InChI=1S/C23H21BrN4O3S/c1-12-4-5-14(28(30)31)7-16(12)27-17-8-23(2,3)9-18(29)21(17)20(15(10-25)22(27)26)19-6-13(24)11-32-19/h4-7,11,20H,8-9,26H2,1-3H3. The molecule has 7 nitrogen and oxygen atoms in total. The summed E-state index contributed by atoms with van der Waals surface area (Å²) < 4.78 is 0.871. The number of hydrogen-bond donors (Lipinski definition) is 1. The molecule has 0 bridgehead atoms. The average Bonchev–Trinajstić information content (AvgIpc) is 3.13. The number of nitro benzene ring substituents is 1. The Morgan fingerprint density at radius 1 is 1.34 bits per heavy atom. The Balaban J connectivity index is 2.03. The van der Waals surface area contributed by atoms with Crippen LogP contribution < -0.4 is 10.6 Å². The van der Waals surface area contributed by atoms with Crippen molar-refractivity contribution in [3.8, 4) is 6.07 Å². The van der Waals surface area contributed by atoms with Crippen LogP contribution in [0.15, 0.2) is 56.8 Å². The summed E-state index contributed by atoms with van der Waals surface area (Å²) in [5, 5.41) is 23.5. The normalized spacial score (nSPS) is 20.3. The molecule has 1 aromatic carbocycles. The number of allylic oxidation sites excluding steroid dienone is 3. The maximum absolute atomic E-state index is 13.5. The fraction of sp³-hybridized carbons (Fsp3) is 0.304. The van der Waals surface area contributed by atoms with Crippen LogP contribution in [0.25, 0.3) is 0 Å². The van der Waals surface area contributed by atoms with E-state index in [0.717, 1.165) is 14.9 Å². The van der Waals surface area contributed by atoms with Gasteiger partial charge in [-0.1, -0.05) is 19.9 Å². The second kappa shape index (κ2) is 7.87. The maximum atomic E-state index is 13.5. The quantitative estimate of drug-likeness (QED) is 0.418. The van der Waals surface area contributed by atoms with Crippen molar-refractivity contribution in [1.29, 1.82) is 5.26 Å². The third-order valence-electron chi connectivity index (χ3n) is 5.90. The first-order chi connectivity index (χ1) is 15.0. The number of non-ortho nitro benzene ring substituents is 1. The van der Waals surface area contributed by atoms with Gasteiger partial charge in [0.05, 0.1) is 28.2 Å². The Labute approximate surface area is 198 Å². The lowest BCUT2D eigenvalue weighted by Crippen LogP contribution is -2.42. The molecule has 0 amide bonds. The summed E-state index contributed by atoms with van der Waals surface area (Å²) in [6.07, 6.45) is 0.911. The van der Waals surface area contributed by atoms with Gasteiger partial charge in [0, 0.05) is 44.6 Å². The minimum absolute atomic E-state index is 0.0286. The van der Waals surface area contributed by atoms with Crippen molar-refractivity contribution in [2.24, 2.45) is 11.1 Å². The molecule has 1 atom stereocenters. The van der Waals surface area contributed by atoms with Gasteiger partial charge in [-0.15, -0.1) is 11.3 Å². The lowest BCUT2D eigenvalue weighted by atomic mass is 9.69. The third-order valence-corrected chi connectivity index (χ3v) is 7.66. The maximum Gasteiger partial charge on any atom is 0.271 e. The number of thiophene rings is 1. The van der Waals surface area contributed by atoms with E-state index in [2.05, 4.69) is 22.0 Å². The van der Waals surface area contributed by atoms with Crippen LogP contribution in [-0.2, 0) is 4.79 Å². The van der Waals surface area contributed by atoms with E-state index in [9.17, 15) is 20.2 Å². The molecule has 2 N–H and O–H groups in total. The Kier molecular flexibility index (Phi) is 5.47. The fourth-order valence-electron chi connectivity index (χ4n) is 4.50.